The molecule has 2 aliphatic rings. The number of carbonyl (C=O) groups excluding carboxylic acids is 5. The highest BCUT2D eigenvalue weighted by Gasteiger charge is 2.46. The van der Waals surface area contributed by atoms with Crippen LogP contribution in [0.1, 0.15) is 112 Å². The van der Waals surface area contributed by atoms with E-state index in [1.165, 1.54) is 46.7 Å². The zero-order chi connectivity index (χ0) is 37.8. The lowest BCUT2D eigenvalue weighted by atomic mass is 9.76. The largest absolute Gasteiger partial charge is 0.478 e. The molecule has 276 valence electrons. The average molecular weight is 705 g/mol. The van der Waals surface area contributed by atoms with Crippen LogP contribution in [0.25, 0.3) is 0 Å². The number of carboxylic acids is 1. The minimum Gasteiger partial charge on any atom is -0.478 e. The molecule has 51 heavy (non-hydrogen) atoms. The summed E-state index contributed by atoms with van der Waals surface area (Å²) in [6.07, 6.45) is 1.88. The van der Waals surface area contributed by atoms with Gasteiger partial charge in [-0.05, 0) is 94.2 Å². The van der Waals surface area contributed by atoms with Gasteiger partial charge in [-0.2, -0.15) is 0 Å². The minimum atomic E-state index is -1.11. The number of likely N-dealkylation sites (tertiary alicyclic amines) is 1. The van der Waals surface area contributed by atoms with Gasteiger partial charge < -0.3 is 30.3 Å². The second-order valence-electron chi connectivity index (χ2n) is 15.8. The Balaban J connectivity index is 1.58. The number of fused-ring (bicyclic) bond motifs is 1. The first-order chi connectivity index (χ1) is 23.8. The Morgan fingerprint density at radius 3 is 2.18 bits per heavy atom. The van der Waals surface area contributed by atoms with Crippen LogP contribution in [0.4, 0.5) is 4.79 Å². The van der Waals surface area contributed by atoms with Crippen molar-refractivity contribution in [2.24, 2.45) is 11.3 Å². The number of nitrogens with zero attached hydrogens (tertiary/aromatic N) is 2. The van der Waals surface area contributed by atoms with Gasteiger partial charge in [-0.3, -0.25) is 19.2 Å². The standard InChI is InChI=1S/C39H52N4O8/c1-23(42(8)37(50)51-39(5,6)7)32(44)21-29(38(2,3)4)35(47)43-22-27(40-33(45)25-16-18-26(19-17-25)36(48)49)20-31(43)34(46)41-30-15-11-13-24-12-9-10-14-28(24)30/h9-10,12,14,16-19,23,27,29-31H,11,13,15,20-22H2,1-8H3,(H,40,45)(H,41,46)(H,48,49)/t23-,27-,29+,30?,31-/m0/s1. The highest BCUT2D eigenvalue weighted by atomic mass is 16.6. The number of likely N-dealkylation sites (N-methyl/N-ethyl adjacent to an activating group) is 1. The third-order valence-corrected chi connectivity index (χ3v) is 9.78. The number of benzene rings is 2. The molecule has 5 atom stereocenters. The number of aromatic carboxylic acids is 1. The molecular formula is C39H52N4O8. The van der Waals surface area contributed by atoms with E-state index in [2.05, 4.69) is 16.7 Å². The zero-order valence-corrected chi connectivity index (χ0v) is 30.9. The molecule has 12 heteroatoms. The number of Topliss-reactive ketones (excluding diaryl/α,β-unsaturated/α-hetero) is 1. The third-order valence-electron chi connectivity index (χ3n) is 9.78. The first kappa shape index (κ1) is 39.1. The molecule has 0 bridgehead atoms. The van der Waals surface area contributed by atoms with E-state index in [0.29, 0.717) is 0 Å². The Bertz CT molecular complexity index is 1640. The summed E-state index contributed by atoms with van der Waals surface area (Å²) in [5, 5.41) is 15.3. The van der Waals surface area contributed by atoms with E-state index in [-0.39, 0.29) is 48.2 Å². The van der Waals surface area contributed by atoms with Crippen molar-refractivity contribution in [2.75, 3.05) is 13.6 Å². The molecule has 1 aliphatic heterocycles. The van der Waals surface area contributed by atoms with E-state index in [4.69, 9.17) is 4.74 Å². The molecule has 0 spiro atoms. The maximum absolute atomic E-state index is 14.6. The van der Waals surface area contributed by atoms with Gasteiger partial charge in [0, 0.05) is 37.5 Å². The van der Waals surface area contributed by atoms with Crippen LogP contribution in [0.5, 0.6) is 0 Å². The maximum Gasteiger partial charge on any atom is 0.410 e. The van der Waals surface area contributed by atoms with E-state index in [1.54, 1.807) is 27.7 Å². The fraction of sp³-hybridized carbons (Fsp3) is 0.538. The zero-order valence-electron chi connectivity index (χ0n) is 30.9. The van der Waals surface area contributed by atoms with Crippen molar-refractivity contribution in [1.82, 2.24) is 20.4 Å². The van der Waals surface area contributed by atoms with Gasteiger partial charge in [0.25, 0.3) is 5.91 Å². The molecule has 0 saturated carbocycles. The molecule has 1 fully saturated rings. The van der Waals surface area contributed by atoms with Gasteiger partial charge in [-0.1, -0.05) is 45.0 Å². The lowest BCUT2D eigenvalue weighted by molar-refractivity contribution is -0.146. The summed E-state index contributed by atoms with van der Waals surface area (Å²) >= 11 is 0. The molecule has 0 radical (unpaired) electrons. The monoisotopic (exact) mass is 704 g/mol. The summed E-state index contributed by atoms with van der Waals surface area (Å²) in [4.78, 5) is 82.3. The van der Waals surface area contributed by atoms with Crippen molar-refractivity contribution in [2.45, 2.75) is 110 Å². The van der Waals surface area contributed by atoms with Gasteiger partial charge in [0.1, 0.15) is 11.6 Å². The first-order valence-electron chi connectivity index (χ1n) is 17.6. The fourth-order valence-electron chi connectivity index (χ4n) is 6.68. The second-order valence-corrected chi connectivity index (χ2v) is 15.8. The van der Waals surface area contributed by atoms with Crippen LogP contribution in [0, 0.1) is 11.3 Å². The summed E-state index contributed by atoms with van der Waals surface area (Å²) in [5.74, 6) is -3.49. The lowest BCUT2D eigenvalue weighted by Gasteiger charge is -2.36. The summed E-state index contributed by atoms with van der Waals surface area (Å²) in [5.41, 5.74) is 1.04. The van der Waals surface area contributed by atoms with Gasteiger partial charge in [0.15, 0.2) is 5.78 Å². The van der Waals surface area contributed by atoms with Crippen LogP contribution in [-0.2, 0) is 25.5 Å². The Morgan fingerprint density at radius 1 is 0.941 bits per heavy atom. The van der Waals surface area contributed by atoms with Crippen LogP contribution >= 0.6 is 0 Å². The Hall–Kier alpha value is -4.74. The smallest absolute Gasteiger partial charge is 0.410 e. The molecule has 3 N–H and O–H groups in total. The van der Waals surface area contributed by atoms with Crippen molar-refractivity contribution < 1.29 is 38.6 Å². The average Bonchev–Trinajstić information content (AvgIpc) is 3.48. The number of hydrogen-bond donors (Lipinski definition) is 3. The number of hydrogen-bond acceptors (Lipinski definition) is 7. The highest BCUT2D eigenvalue weighted by Crippen LogP contribution is 2.35. The van der Waals surface area contributed by atoms with Gasteiger partial charge in [0.05, 0.1) is 17.6 Å². The van der Waals surface area contributed by atoms with Crippen molar-refractivity contribution in [3.8, 4) is 0 Å². The molecule has 1 aliphatic carbocycles. The molecule has 0 aromatic heterocycles. The SMILES string of the molecule is C[C@@H](C(=O)C[C@H](C(=O)N1C[C@@H](NC(=O)c2ccc(C(=O)O)cc2)C[C@H]1C(=O)NC1CCCc2ccccc21)C(C)(C)C)N(C)C(=O)OC(C)(C)C. The van der Waals surface area contributed by atoms with Gasteiger partial charge in [0.2, 0.25) is 11.8 Å². The number of ketones is 1. The minimum absolute atomic E-state index is 0.0330. The molecule has 1 unspecified atom stereocenters. The van der Waals surface area contributed by atoms with E-state index >= 15 is 0 Å². The lowest BCUT2D eigenvalue weighted by Crippen LogP contribution is -2.51. The number of aryl methyl sites for hydroxylation is 1. The molecule has 12 nitrogen and oxygen atoms in total. The van der Waals surface area contributed by atoms with E-state index < -0.39 is 58.9 Å². The Labute approximate surface area is 300 Å². The molecule has 1 heterocycles. The number of ether oxygens (including phenoxy) is 1. The number of carboxylic acid groups (broad SMARTS) is 1. The van der Waals surface area contributed by atoms with Gasteiger partial charge >= 0.3 is 12.1 Å². The summed E-state index contributed by atoms with van der Waals surface area (Å²) < 4.78 is 5.44. The summed E-state index contributed by atoms with van der Waals surface area (Å²) in [7, 11) is 1.48. The molecule has 2 aromatic carbocycles. The van der Waals surface area contributed by atoms with Gasteiger partial charge in [-0.25, -0.2) is 9.59 Å². The summed E-state index contributed by atoms with van der Waals surface area (Å²) in [6, 6.07) is 10.9. The molecule has 4 rings (SSSR count). The van der Waals surface area contributed by atoms with Gasteiger partial charge in [-0.15, -0.1) is 0 Å². The van der Waals surface area contributed by atoms with E-state index in [1.807, 2.05) is 39.0 Å². The number of amides is 4. The molecule has 4 amide bonds. The Kier molecular flexibility index (Phi) is 12.0. The quantitative estimate of drug-likeness (QED) is 0.306. The molecule has 1 saturated heterocycles. The highest BCUT2D eigenvalue weighted by molar-refractivity contribution is 5.97. The molecule has 2 aromatic rings. The topological polar surface area (TPSA) is 162 Å². The predicted octanol–water partition coefficient (Wildman–Crippen LogP) is 5.15. The van der Waals surface area contributed by atoms with Crippen molar-refractivity contribution >= 4 is 35.6 Å². The molecular weight excluding hydrogens is 652 g/mol. The normalized spacial score (nSPS) is 20.0. The maximum atomic E-state index is 14.6. The fourth-order valence-corrected chi connectivity index (χ4v) is 6.68. The first-order valence-corrected chi connectivity index (χ1v) is 17.6. The summed E-state index contributed by atoms with van der Waals surface area (Å²) in [6.45, 7) is 12.4. The van der Waals surface area contributed by atoms with Crippen molar-refractivity contribution in [3.63, 3.8) is 0 Å². The second kappa shape index (κ2) is 15.7. The van der Waals surface area contributed by atoms with Crippen LogP contribution in [0.3, 0.4) is 0 Å². The Morgan fingerprint density at radius 2 is 1.57 bits per heavy atom. The van der Waals surface area contributed by atoms with Crippen LogP contribution in [-0.4, -0.2) is 87.8 Å². The van der Waals surface area contributed by atoms with Crippen molar-refractivity contribution in [1.29, 1.82) is 0 Å². The van der Waals surface area contributed by atoms with Crippen LogP contribution < -0.4 is 10.6 Å². The van der Waals surface area contributed by atoms with E-state index in [0.717, 1.165) is 24.8 Å². The van der Waals surface area contributed by atoms with Crippen LogP contribution in [0.2, 0.25) is 0 Å². The van der Waals surface area contributed by atoms with Crippen LogP contribution in [0.15, 0.2) is 48.5 Å². The van der Waals surface area contributed by atoms with E-state index in [9.17, 15) is 33.9 Å². The number of rotatable bonds is 10. The predicted molar refractivity (Wildman–Crippen MR) is 191 cm³/mol. The number of nitrogens with one attached hydrogen (secondary N) is 2. The number of carbonyl (C=O) groups is 6. The third kappa shape index (κ3) is 9.74. The van der Waals surface area contributed by atoms with Crippen molar-refractivity contribution in [3.05, 3.63) is 70.8 Å².